The van der Waals surface area contributed by atoms with E-state index in [0.717, 1.165) is 6.54 Å². The molecule has 1 N–H and O–H groups in total. The molecule has 0 radical (unpaired) electrons. The third kappa shape index (κ3) is 4.22. The molecule has 2 unspecified atom stereocenters. The van der Waals surface area contributed by atoms with Crippen molar-refractivity contribution in [1.82, 2.24) is 4.90 Å². The Labute approximate surface area is 116 Å². The summed E-state index contributed by atoms with van der Waals surface area (Å²) >= 11 is 0. The maximum Gasteiger partial charge on any atom is 0.0772 e. The van der Waals surface area contributed by atoms with Crippen LogP contribution in [0.4, 0.5) is 5.69 Å². The van der Waals surface area contributed by atoms with Crippen LogP contribution in [-0.4, -0.2) is 38.3 Å². The molecule has 0 aromatic heterocycles. The molecule has 3 heteroatoms. The van der Waals surface area contributed by atoms with Crippen molar-refractivity contribution in [3.63, 3.8) is 0 Å². The minimum absolute atomic E-state index is 0.357. The minimum atomic E-state index is 0.357. The molecule has 106 valence electrons. The van der Waals surface area contributed by atoms with E-state index in [0.29, 0.717) is 12.1 Å². The Kier molecular flexibility index (Phi) is 5.23. The average molecular weight is 262 g/mol. The summed E-state index contributed by atoms with van der Waals surface area (Å²) in [5.74, 6) is 0. The Morgan fingerprint density at radius 3 is 2.47 bits per heavy atom. The summed E-state index contributed by atoms with van der Waals surface area (Å²) in [7, 11) is 6.01. The summed E-state index contributed by atoms with van der Waals surface area (Å²) < 4.78 is 5.58. The zero-order valence-electron chi connectivity index (χ0n) is 12.4. The lowest BCUT2D eigenvalue weighted by atomic mass is 9.92. The van der Waals surface area contributed by atoms with Gasteiger partial charge in [0.05, 0.1) is 12.1 Å². The van der Waals surface area contributed by atoms with E-state index in [-0.39, 0.29) is 0 Å². The first-order valence-corrected chi connectivity index (χ1v) is 7.22. The van der Waals surface area contributed by atoms with Crippen molar-refractivity contribution in [3.8, 4) is 0 Å². The van der Waals surface area contributed by atoms with Gasteiger partial charge < -0.3 is 15.0 Å². The molecule has 0 saturated heterocycles. The molecular formula is C16H26N2O. The number of methoxy groups -OCH3 is 1. The van der Waals surface area contributed by atoms with Crippen molar-refractivity contribution in [2.45, 2.75) is 44.4 Å². The highest BCUT2D eigenvalue weighted by molar-refractivity contribution is 5.45. The third-order valence-electron chi connectivity index (χ3n) is 3.81. The molecule has 3 nitrogen and oxygen atoms in total. The molecule has 0 spiro atoms. The van der Waals surface area contributed by atoms with E-state index in [1.165, 1.54) is 36.9 Å². The number of anilines is 1. The molecule has 19 heavy (non-hydrogen) atoms. The van der Waals surface area contributed by atoms with Crippen LogP contribution in [0.1, 0.15) is 31.2 Å². The van der Waals surface area contributed by atoms with Gasteiger partial charge in [0.1, 0.15) is 0 Å². The molecule has 1 fully saturated rings. The number of rotatable bonds is 5. The van der Waals surface area contributed by atoms with Crippen LogP contribution in [0.15, 0.2) is 24.3 Å². The van der Waals surface area contributed by atoms with Gasteiger partial charge in [0.2, 0.25) is 0 Å². The maximum absolute atomic E-state index is 5.58. The van der Waals surface area contributed by atoms with Crippen molar-refractivity contribution < 1.29 is 4.74 Å². The van der Waals surface area contributed by atoms with Gasteiger partial charge >= 0.3 is 0 Å². The third-order valence-corrected chi connectivity index (χ3v) is 3.81. The van der Waals surface area contributed by atoms with Crippen LogP contribution in [0, 0.1) is 0 Å². The van der Waals surface area contributed by atoms with Crippen molar-refractivity contribution in [2.75, 3.05) is 26.5 Å². The van der Waals surface area contributed by atoms with Crippen molar-refractivity contribution in [2.24, 2.45) is 0 Å². The molecule has 0 amide bonds. The first kappa shape index (κ1) is 14.4. The summed E-state index contributed by atoms with van der Waals surface area (Å²) in [6.45, 7) is 0.990. The Morgan fingerprint density at radius 2 is 1.84 bits per heavy atom. The summed E-state index contributed by atoms with van der Waals surface area (Å²) in [6, 6.07) is 9.22. The zero-order chi connectivity index (χ0) is 13.7. The second kappa shape index (κ2) is 6.92. The zero-order valence-corrected chi connectivity index (χ0v) is 12.4. The SMILES string of the molecule is COC1CCCCC1Nc1ccc(CN(C)C)cc1. The van der Waals surface area contributed by atoms with Gasteiger partial charge in [0.25, 0.3) is 0 Å². The Balaban J connectivity index is 1.94. The molecule has 1 saturated carbocycles. The molecule has 0 bridgehead atoms. The maximum atomic E-state index is 5.58. The van der Waals surface area contributed by atoms with E-state index in [2.05, 4.69) is 48.6 Å². The lowest BCUT2D eigenvalue weighted by Gasteiger charge is -2.31. The van der Waals surface area contributed by atoms with Gasteiger partial charge in [-0.25, -0.2) is 0 Å². The lowest BCUT2D eigenvalue weighted by Crippen LogP contribution is -2.37. The van der Waals surface area contributed by atoms with Gasteiger partial charge in [-0.3, -0.25) is 0 Å². The number of ether oxygens (including phenoxy) is 1. The fourth-order valence-electron chi connectivity index (χ4n) is 2.83. The first-order valence-electron chi connectivity index (χ1n) is 7.22. The summed E-state index contributed by atoms with van der Waals surface area (Å²) in [5, 5.41) is 3.62. The minimum Gasteiger partial charge on any atom is -0.380 e. The molecule has 1 aliphatic rings. The second-order valence-corrected chi connectivity index (χ2v) is 5.74. The molecule has 0 aliphatic heterocycles. The van der Waals surface area contributed by atoms with Crippen molar-refractivity contribution in [1.29, 1.82) is 0 Å². The number of nitrogens with one attached hydrogen (secondary N) is 1. The number of hydrogen-bond acceptors (Lipinski definition) is 3. The Morgan fingerprint density at radius 1 is 1.16 bits per heavy atom. The number of benzene rings is 1. The van der Waals surface area contributed by atoms with E-state index in [1.807, 2.05) is 7.11 Å². The van der Waals surface area contributed by atoms with Gasteiger partial charge in [0, 0.05) is 19.3 Å². The first-order chi connectivity index (χ1) is 9.19. The Hall–Kier alpha value is -1.06. The normalized spacial score (nSPS) is 23.6. The monoisotopic (exact) mass is 262 g/mol. The van der Waals surface area contributed by atoms with E-state index in [9.17, 15) is 0 Å². The summed E-state index contributed by atoms with van der Waals surface area (Å²) in [6.07, 6.45) is 5.33. The largest absolute Gasteiger partial charge is 0.380 e. The fraction of sp³-hybridized carbons (Fsp3) is 0.625. The molecule has 2 atom stereocenters. The Bertz CT molecular complexity index is 375. The standard InChI is InChI=1S/C16H26N2O/c1-18(2)12-13-8-10-14(11-9-13)17-15-6-4-5-7-16(15)19-3/h8-11,15-17H,4-7,12H2,1-3H3. The summed E-state index contributed by atoms with van der Waals surface area (Å²) in [5.41, 5.74) is 2.55. The molecule has 1 aromatic carbocycles. The van der Waals surface area contributed by atoms with Crippen LogP contribution in [0.2, 0.25) is 0 Å². The van der Waals surface area contributed by atoms with Gasteiger partial charge in [0.15, 0.2) is 0 Å². The van der Waals surface area contributed by atoms with Gasteiger partial charge in [-0.1, -0.05) is 25.0 Å². The van der Waals surface area contributed by atoms with Crippen molar-refractivity contribution >= 4 is 5.69 Å². The van der Waals surface area contributed by atoms with Crippen LogP contribution in [0.5, 0.6) is 0 Å². The van der Waals surface area contributed by atoms with Gasteiger partial charge in [-0.05, 0) is 44.6 Å². The predicted molar refractivity (Wildman–Crippen MR) is 80.5 cm³/mol. The molecule has 0 heterocycles. The average Bonchev–Trinajstić information content (AvgIpc) is 2.41. The topological polar surface area (TPSA) is 24.5 Å². The predicted octanol–water partition coefficient (Wildman–Crippen LogP) is 3.12. The highest BCUT2D eigenvalue weighted by Gasteiger charge is 2.24. The van der Waals surface area contributed by atoms with Crippen LogP contribution >= 0.6 is 0 Å². The van der Waals surface area contributed by atoms with E-state index in [1.54, 1.807) is 0 Å². The lowest BCUT2D eigenvalue weighted by molar-refractivity contribution is 0.0606. The number of nitrogens with zero attached hydrogens (tertiary/aromatic N) is 1. The van der Waals surface area contributed by atoms with Crippen LogP contribution in [0.3, 0.4) is 0 Å². The van der Waals surface area contributed by atoms with Crippen LogP contribution < -0.4 is 5.32 Å². The summed E-state index contributed by atoms with van der Waals surface area (Å²) in [4.78, 5) is 2.19. The second-order valence-electron chi connectivity index (χ2n) is 5.74. The molecule has 1 aliphatic carbocycles. The smallest absolute Gasteiger partial charge is 0.0772 e. The number of hydrogen-bond donors (Lipinski definition) is 1. The van der Waals surface area contributed by atoms with Gasteiger partial charge in [-0.2, -0.15) is 0 Å². The quantitative estimate of drug-likeness (QED) is 0.882. The molecular weight excluding hydrogens is 236 g/mol. The van der Waals surface area contributed by atoms with Crippen molar-refractivity contribution in [3.05, 3.63) is 29.8 Å². The fourth-order valence-corrected chi connectivity index (χ4v) is 2.83. The van der Waals surface area contributed by atoms with E-state index in [4.69, 9.17) is 4.74 Å². The molecule has 1 aromatic rings. The highest BCUT2D eigenvalue weighted by atomic mass is 16.5. The van der Waals surface area contributed by atoms with Crippen LogP contribution in [0.25, 0.3) is 0 Å². The molecule has 2 rings (SSSR count). The van der Waals surface area contributed by atoms with Gasteiger partial charge in [-0.15, -0.1) is 0 Å². The van der Waals surface area contributed by atoms with Crippen LogP contribution in [-0.2, 0) is 11.3 Å². The van der Waals surface area contributed by atoms with E-state index >= 15 is 0 Å². The highest BCUT2D eigenvalue weighted by Crippen LogP contribution is 2.24. The van der Waals surface area contributed by atoms with E-state index < -0.39 is 0 Å².